The Morgan fingerprint density at radius 3 is 2.75 bits per heavy atom. The summed E-state index contributed by atoms with van der Waals surface area (Å²) in [5.41, 5.74) is 0.0648. The molecule has 0 amide bonds. The molecular formula is C15H16FNO3. The number of fused-ring (bicyclic) bond motifs is 1. The van der Waals surface area contributed by atoms with E-state index >= 15 is 0 Å². The molecule has 0 saturated carbocycles. The minimum atomic E-state index is -0.673. The number of carbonyl (C=O) groups is 1. The molecule has 0 saturated heterocycles. The van der Waals surface area contributed by atoms with Crippen molar-refractivity contribution >= 4 is 16.9 Å². The zero-order chi connectivity index (χ0) is 14.7. The van der Waals surface area contributed by atoms with E-state index in [4.69, 9.17) is 4.74 Å². The molecule has 1 aromatic carbocycles. The molecule has 1 aromatic heterocycles. The van der Waals surface area contributed by atoms with E-state index in [9.17, 15) is 14.0 Å². The van der Waals surface area contributed by atoms with Crippen LogP contribution in [0.15, 0.2) is 29.2 Å². The highest BCUT2D eigenvalue weighted by molar-refractivity contribution is 5.93. The van der Waals surface area contributed by atoms with Gasteiger partial charge in [0.2, 0.25) is 5.43 Å². The third-order valence-electron chi connectivity index (χ3n) is 3.00. The smallest absolute Gasteiger partial charge is 0.343 e. The van der Waals surface area contributed by atoms with E-state index in [1.165, 1.54) is 12.3 Å². The number of esters is 1. The number of nitrogens with zero attached hydrogens (tertiary/aromatic N) is 1. The number of pyridine rings is 1. The Labute approximate surface area is 115 Å². The minimum absolute atomic E-state index is 0.0570. The van der Waals surface area contributed by atoms with Crippen molar-refractivity contribution in [2.24, 2.45) is 0 Å². The number of hydrogen-bond acceptors (Lipinski definition) is 3. The fourth-order valence-electron chi connectivity index (χ4n) is 2.15. The molecule has 4 nitrogen and oxygen atoms in total. The van der Waals surface area contributed by atoms with Gasteiger partial charge in [0, 0.05) is 18.1 Å². The Hall–Kier alpha value is -2.17. The molecule has 1 heterocycles. The van der Waals surface area contributed by atoms with Crippen LogP contribution in [0, 0.1) is 5.82 Å². The second kappa shape index (κ2) is 5.86. The van der Waals surface area contributed by atoms with Crippen LogP contribution in [0.4, 0.5) is 4.39 Å². The van der Waals surface area contributed by atoms with Crippen LogP contribution in [0.1, 0.15) is 30.6 Å². The van der Waals surface area contributed by atoms with Gasteiger partial charge in [0.25, 0.3) is 0 Å². The third kappa shape index (κ3) is 2.57. The first kappa shape index (κ1) is 14.2. The van der Waals surface area contributed by atoms with E-state index in [0.717, 1.165) is 12.5 Å². The Bertz CT molecular complexity index is 706. The van der Waals surface area contributed by atoms with E-state index in [0.29, 0.717) is 12.1 Å². The highest BCUT2D eigenvalue weighted by Gasteiger charge is 2.16. The van der Waals surface area contributed by atoms with Gasteiger partial charge in [0.1, 0.15) is 11.4 Å². The molecular weight excluding hydrogens is 261 g/mol. The number of carbonyl (C=O) groups excluding carboxylic acids is 1. The first-order valence-electron chi connectivity index (χ1n) is 6.58. The van der Waals surface area contributed by atoms with Crippen LogP contribution >= 0.6 is 0 Å². The SMILES string of the molecule is CCCn1cc(C(=O)OCC)c(=O)c2cc(F)ccc21. The molecule has 0 unspecified atom stereocenters. The minimum Gasteiger partial charge on any atom is -0.462 e. The van der Waals surface area contributed by atoms with Gasteiger partial charge in [0.05, 0.1) is 12.1 Å². The Morgan fingerprint density at radius 1 is 1.35 bits per heavy atom. The van der Waals surface area contributed by atoms with Gasteiger partial charge < -0.3 is 9.30 Å². The van der Waals surface area contributed by atoms with E-state index < -0.39 is 17.2 Å². The van der Waals surface area contributed by atoms with Crippen LogP contribution in [-0.2, 0) is 11.3 Å². The predicted molar refractivity (Wildman–Crippen MR) is 74.4 cm³/mol. The lowest BCUT2D eigenvalue weighted by atomic mass is 10.1. The van der Waals surface area contributed by atoms with Crippen molar-refractivity contribution in [3.63, 3.8) is 0 Å². The molecule has 0 atom stereocenters. The maximum absolute atomic E-state index is 13.4. The zero-order valence-corrected chi connectivity index (χ0v) is 11.5. The average molecular weight is 277 g/mol. The number of hydrogen-bond donors (Lipinski definition) is 0. The monoisotopic (exact) mass is 277 g/mol. The van der Waals surface area contributed by atoms with Crippen molar-refractivity contribution in [3.8, 4) is 0 Å². The second-order valence-electron chi connectivity index (χ2n) is 4.45. The van der Waals surface area contributed by atoms with Crippen LogP contribution in [0.25, 0.3) is 10.9 Å². The molecule has 106 valence electrons. The Morgan fingerprint density at radius 2 is 2.10 bits per heavy atom. The van der Waals surface area contributed by atoms with Gasteiger partial charge in [-0.2, -0.15) is 0 Å². The topological polar surface area (TPSA) is 48.3 Å². The largest absolute Gasteiger partial charge is 0.462 e. The van der Waals surface area contributed by atoms with Crippen LogP contribution < -0.4 is 5.43 Å². The second-order valence-corrected chi connectivity index (χ2v) is 4.45. The first-order chi connectivity index (χ1) is 9.58. The van der Waals surface area contributed by atoms with Gasteiger partial charge in [0.15, 0.2) is 0 Å². The molecule has 2 aromatic rings. The van der Waals surface area contributed by atoms with Crippen molar-refractivity contribution in [2.45, 2.75) is 26.8 Å². The van der Waals surface area contributed by atoms with E-state index in [1.807, 2.05) is 6.92 Å². The Kier molecular flexibility index (Phi) is 4.17. The Balaban J connectivity index is 2.74. The summed E-state index contributed by atoms with van der Waals surface area (Å²) >= 11 is 0. The molecule has 20 heavy (non-hydrogen) atoms. The lowest BCUT2D eigenvalue weighted by Crippen LogP contribution is -2.21. The molecule has 0 aliphatic heterocycles. The number of halogens is 1. The zero-order valence-electron chi connectivity index (χ0n) is 11.5. The highest BCUT2D eigenvalue weighted by Crippen LogP contribution is 2.15. The molecule has 0 N–H and O–H groups in total. The number of benzene rings is 1. The van der Waals surface area contributed by atoms with Crippen LogP contribution in [0.5, 0.6) is 0 Å². The first-order valence-corrected chi connectivity index (χ1v) is 6.58. The van der Waals surface area contributed by atoms with Crippen molar-refractivity contribution in [2.75, 3.05) is 6.61 Å². The lowest BCUT2D eigenvalue weighted by molar-refractivity contribution is 0.0524. The third-order valence-corrected chi connectivity index (χ3v) is 3.00. The number of ether oxygens (including phenoxy) is 1. The predicted octanol–water partition coefficient (Wildman–Crippen LogP) is 2.73. The number of aromatic nitrogens is 1. The van der Waals surface area contributed by atoms with E-state index in [-0.39, 0.29) is 17.6 Å². The summed E-state index contributed by atoms with van der Waals surface area (Å²) < 4.78 is 20.0. The summed E-state index contributed by atoms with van der Waals surface area (Å²) in [5.74, 6) is -1.17. The fourth-order valence-corrected chi connectivity index (χ4v) is 2.15. The quantitative estimate of drug-likeness (QED) is 0.807. The van der Waals surface area contributed by atoms with Crippen molar-refractivity contribution in [1.82, 2.24) is 4.57 Å². The maximum atomic E-state index is 13.4. The lowest BCUT2D eigenvalue weighted by Gasteiger charge is -2.12. The van der Waals surface area contributed by atoms with Gasteiger partial charge in [-0.1, -0.05) is 6.92 Å². The van der Waals surface area contributed by atoms with Crippen LogP contribution in [0.2, 0.25) is 0 Å². The molecule has 0 bridgehead atoms. The van der Waals surface area contributed by atoms with Gasteiger partial charge in [-0.05, 0) is 31.5 Å². The summed E-state index contributed by atoms with van der Waals surface area (Å²) in [5, 5.41) is 0.198. The molecule has 2 rings (SSSR count). The maximum Gasteiger partial charge on any atom is 0.343 e. The van der Waals surface area contributed by atoms with E-state index in [1.54, 1.807) is 17.6 Å². The molecule has 0 radical (unpaired) electrons. The van der Waals surface area contributed by atoms with Gasteiger partial charge in [-0.15, -0.1) is 0 Å². The summed E-state index contributed by atoms with van der Waals surface area (Å²) in [6, 6.07) is 4.02. The van der Waals surface area contributed by atoms with Crippen molar-refractivity contribution < 1.29 is 13.9 Å². The summed E-state index contributed by atoms with van der Waals surface area (Å²) in [6.07, 6.45) is 2.32. The van der Waals surface area contributed by atoms with Crippen molar-refractivity contribution in [3.05, 3.63) is 46.0 Å². The molecule has 0 spiro atoms. The molecule has 0 aliphatic rings. The summed E-state index contributed by atoms with van der Waals surface area (Å²) in [6.45, 7) is 4.47. The van der Waals surface area contributed by atoms with Crippen LogP contribution in [0.3, 0.4) is 0 Å². The fraction of sp³-hybridized carbons (Fsp3) is 0.333. The van der Waals surface area contributed by atoms with Crippen molar-refractivity contribution in [1.29, 1.82) is 0 Å². The number of rotatable bonds is 4. The molecule has 0 aliphatic carbocycles. The van der Waals surface area contributed by atoms with Crippen LogP contribution in [-0.4, -0.2) is 17.1 Å². The van der Waals surface area contributed by atoms with Gasteiger partial charge in [-0.3, -0.25) is 4.79 Å². The highest BCUT2D eigenvalue weighted by atomic mass is 19.1. The molecule has 0 fully saturated rings. The summed E-state index contributed by atoms with van der Waals surface area (Å²) in [4.78, 5) is 24.1. The summed E-state index contributed by atoms with van der Waals surface area (Å²) in [7, 11) is 0. The number of aryl methyl sites for hydroxylation is 1. The molecule has 5 heteroatoms. The standard InChI is InChI=1S/C15H16FNO3/c1-3-7-17-9-12(15(19)20-4-2)14(18)11-8-10(16)5-6-13(11)17/h5-6,8-9H,3-4,7H2,1-2H3. The normalized spacial score (nSPS) is 10.8. The van der Waals surface area contributed by atoms with E-state index in [2.05, 4.69) is 0 Å². The van der Waals surface area contributed by atoms with Gasteiger partial charge in [-0.25, -0.2) is 9.18 Å². The average Bonchev–Trinajstić information content (AvgIpc) is 2.42. The van der Waals surface area contributed by atoms with Gasteiger partial charge >= 0.3 is 5.97 Å².